The molecule has 0 fully saturated rings. The Kier molecular flexibility index (Phi) is 4.97. The summed E-state index contributed by atoms with van der Waals surface area (Å²) in [5.74, 6) is -0.549. The maximum absolute atomic E-state index is 13.1. The first-order chi connectivity index (χ1) is 12.8. The number of pyridine rings is 1. The normalized spacial score (nSPS) is 11.2. The maximum atomic E-state index is 13.1. The average molecular weight is 391 g/mol. The van der Waals surface area contributed by atoms with Crippen LogP contribution in [0.2, 0.25) is 5.02 Å². The Morgan fingerprint density at radius 2 is 1.96 bits per heavy atom. The maximum Gasteiger partial charge on any atom is 0.417 e. The third-order valence-corrected chi connectivity index (χ3v) is 4.04. The predicted molar refractivity (Wildman–Crippen MR) is 90.6 cm³/mol. The number of alkyl halides is 3. The minimum atomic E-state index is -4.63. The lowest BCUT2D eigenvalue weighted by molar-refractivity contribution is -0.137. The largest absolute Gasteiger partial charge is 0.417 e. The Morgan fingerprint density at radius 3 is 2.67 bits per heavy atom. The second kappa shape index (κ2) is 7.21. The van der Waals surface area contributed by atoms with Crippen molar-refractivity contribution in [2.45, 2.75) is 12.6 Å². The number of hydrogen-bond donors (Lipinski definition) is 0. The van der Waals surface area contributed by atoms with Crippen LogP contribution in [0.4, 0.5) is 13.2 Å². The number of Topliss-reactive ketones (excluding diaryl/α,β-unsaturated/α-hetero) is 1. The van der Waals surface area contributed by atoms with Gasteiger partial charge >= 0.3 is 6.18 Å². The molecule has 0 saturated carbocycles. The molecule has 2 aromatic heterocycles. The fourth-order valence-corrected chi connectivity index (χ4v) is 2.70. The molecule has 3 aromatic rings. The predicted octanol–water partition coefficient (Wildman–Crippen LogP) is 4.24. The van der Waals surface area contributed by atoms with Gasteiger partial charge in [-0.15, -0.1) is 0 Å². The van der Waals surface area contributed by atoms with Crippen LogP contribution >= 0.6 is 11.6 Å². The van der Waals surface area contributed by atoms with E-state index in [9.17, 15) is 23.2 Å². The Bertz CT molecular complexity index is 1050. The fourth-order valence-electron chi connectivity index (χ4n) is 2.51. The summed E-state index contributed by atoms with van der Waals surface area (Å²) in [7, 11) is 0. The SMILES string of the molecule is N#Cc1c(Cl)ccnc1-n1ccc(CC(=O)c2ccccc2C(F)(F)F)n1. The monoisotopic (exact) mass is 390 g/mol. The molecule has 0 aliphatic carbocycles. The summed E-state index contributed by atoms with van der Waals surface area (Å²) in [6.45, 7) is 0. The molecule has 0 aliphatic rings. The van der Waals surface area contributed by atoms with Gasteiger partial charge in [-0.3, -0.25) is 4.79 Å². The van der Waals surface area contributed by atoms with Gasteiger partial charge in [0.25, 0.3) is 0 Å². The van der Waals surface area contributed by atoms with E-state index in [4.69, 9.17) is 11.6 Å². The number of nitrogens with zero attached hydrogens (tertiary/aromatic N) is 4. The number of hydrogen-bond acceptors (Lipinski definition) is 4. The highest BCUT2D eigenvalue weighted by molar-refractivity contribution is 6.31. The van der Waals surface area contributed by atoms with Gasteiger partial charge in [-0.1, -0.05) is 29.8 Å². The van der Waals surface area contributed by atoms with Crippen molar-refractivity contribution in [2.75, 3.05) is 0 Å². The van der Waals surface area contributed by atoms with Gasteiger partial charge in [0, 0.05) is 18.0 Å². The number of carbonyl (C=O) groups excluding carboxylic acids is 1. The lowest BCUT2D eigenvalue weighted by Crippen LogP contribution is -2.14. The van der Waals surface area contributed by atoms with E-state index < -0.39 is 23.1 Å². The third kappa shape index (κ3) is 3.83. The van der Waals surface area contributed by atoms with Crippen molar-refractivity contribution < 1.29 is 18.0 Å². The van der Waals surface area contributed by atoms with Gasteiger partial charge in [0.15, 0.2) is 11.6 Å². The smallest absolute Gasteiger partial charge is 0.294 e. The van der Waals surface area contributed by atoms with Gasteiger partial charge < -0.3 is 0 Å². The number of ketones is 1. The fraction of sp³-hybridized carbons (Fsp3) is 0.111. The summed E-state index contributed by atoms with van der Waals surface area (Å²) in [4.78, 5) is 16.4. The summed E-state index contributed by atoms with van der Waals surface area (Å²) in [6.07, 6.45) is -2.11. The second-order valence-corrected chi connectivity index (χ2v) is 5.91. The number of carbonyl (C=O) groups is 1. The van der Waals surface area contributed by atoms with Gasteiger partial charge in [-0.2, -0.15) is 23.5 Å². The molecule has 0 N–H and O–H groups in total. The minimum absolute atomic E-state index is 0.0996. The lowest BCUT2D eigenvalue weighted by Gasteiger charge is -2.11. The molecular weight excluding hydrogens is 381 g/mol. The molecule has 0 amide bonds. The number of benzene rings is 1. The average Bonchev–Trinajstić information content (AvgIpc) is 3.09. The Morgan fingerprint density at radius 1 is 1.22 bits per heavy atom. The summed E-state index contributed by atoms with van der Waals surface area (Å²) < 4.78 is 40.5. The van der Waals surface area contributed by atoms with Gasteiger partial charge in [0.1, 0.15) is 11.6 Å². The zero-order valence-corrected chi connectivity index (χ0v) is 14.3. The number of aromatic nitrogens is 3. The van der Waals surface area contributed by atoms with Gasteiger partial charge in [0.2, 0.25) is 0 Å². The standard InChI is InChI=1S/C18H10ClF3N4O/c19-15-5-7-24-17(13(15)10-23)26-8-6-11(25-26)9-16(27)12-3-1-2-4-14(12)18(20,21)22/h1-8H,9H2. The molecule has 1 aromatic carbocycles. The number of nitriles is 1. The molecule has 136 valence electrons. The summed E-state index contributed by atoms with van der Waals surface area (Å²) >= 11 is 5.95. The van der Waals surface area contributed by atoms with Crippen LogP contribution in [0.1, 0.15) is 27.2 Å². The first-order valence-electron chi connectivity index (χ1n) is 7.60. The number of halogens is 4. The lowest BCUT2D eigenvalue weighted by atomic mass is 10.0. The van der Waals surface area contributed by atoms with Crippen LogP contribution < -0.4 is 0 Å². The van der Waals surface area contributed by atoms with Crippen molar-refractivity contribution in [3.05, 3.63) is 76.2 Å². The van der Waals surface area contributed by atoms with E-state index in [0.29, 0.717) is 0 Å². The van der Waals surface area contributed by atoms with Crippen LogP contribution in [0.15, 0.2) is 48.8 Å². The summed E-state index contributed by atoms with van der Waals surface area (Å²) in [5, 5.41) is 13.5. The van der Waals surface area contributed by atoms with Crippen LogP contribution in [-0.4, -0.2) is 20.5 Å². The summed E-state index contributed by atoms with van der Waals surface area (Å²) in [6, 6.07) is 9.43. The Hall–Kier alpha value is -3.18. The molecular formula is C18H10ClF3N4O. The van der Waals surface area contributed by atoms with Crippen molar-refractivity contribution >= 4 is 17.4 Å². The van der Waals surface area contributed by atoms with Gasteiger partial charge in [-0.05, 0) is 18.2 Å². The number of rotatable bonds is 4. The van der Waals surface area contributed by atoms with Crippen molar-refractivity contribution in [3.63, 3.8) is 0 Å². The molecule has 27 heavy (non-hydrogen) atoms. The van der Waals surface area contributed by atoms with Crippen molar-refractivity contribution in [2.24, 2.45) is 0 Å². The molecule has 0 saturated heterocycles. The Balaban J connectivity index is 1.89. The van der Waals surface area contributed by atoms with E-state index >= 15 is 0 Å². The van der Waals surface area contributed by atoms with Gasteiger partial charge in [-0.25, -0.2) is 9.67 Å². The molecule has 0 aliphatic heterocycles. The van der Waals surface area contributed by atoms with Crippen molar-refractivity contribution in [1.29, 1.82) is 5.26 Å². The molecule has 3 rings (SSSR count). The minimum Gasteiger partial charge on any atom is -0.294 e. The quantitative estimate of drug-likeness (QED) is 0.625. The highest BCUT2D eigenvalue weighted by atomic mass is 35.5. The molecule has 0 spiro atoms. The van der Waals surface area contributed by atoms with Crippen LogP contribution in [-0.2, 0) is 12.6 Å². The van der Waals surface area contributed by atoms with E-state index in [2.05, 4.69) is 10.1 Å². The van der Waals surface area contributed by atoms with Crippen molar-refractivity contribution in [3.8, 4) is 11.9 Å². The van der Waals surface area contributed by atoms with E-state index in [1.807, 2.05) is 6.07 Å². The molecule has 0 bridgehead atoms. The summed E-state index contributed by atoms with van der Waals surface area (Å²) in [5.41, 5.74) is -1.07. The molecule has 9 heteroatoms. The molecule has 2 heterocycles. The van der Waals surface area contributed by atoms with Crippen LogP contribution in [0.3, 0.4) is 0 Å². The molecule has 0 radical (unpaired) electrons. The Labute approximate surface area is 156 Å². The first-order valence-corrected chi connectivity index (χ1v) is 7.98. The second-order valence-electron chi connectivity index (χ2n) is 5.50. The van der Waals surface area contributed by atoms with Gasteiger partial charge in [0.05, 0.1) is 22.7 Å². The van der Waals surface area contributed by atoms with Crippen LogP contribution in [0.25, 0.3) is 5.82 Å². The first kappa shape index (κ1) is 18.6. The van der Waals surface area contributed by atoms with Crippen LogP contribution in [0, 0.1) is 11.3 Å². The van der Waals surface area contributed by atoms with Crippen LogP contribution in [0.5, 0.6) is 0 Å². The third-order valence-electron chi connectivity index (χ3n) is 3.73. The van der Waals surface area contributed by atoms with E-state index in [1.54, 1.807) is 0 Å². The zero-order chi connectivity index (χ0) is 19.6. The van der Waals surface area contributed by atoms with Crippen molar-refractivity contribution in [1.82, 2.24) is 14.8 Å². The van der Waals surface area contributed by atoms with E-state index in [0.717, 1.165) is 12.1 Å². The molecule has 0 atom stereocenters. The van der Waals surface area contributed by atoms with E-state index in [1.165, 1.54) is 41.3 Å². The highest BCUT2D eigenvalue weighted by Crippen LogP contribution is 2.32. The molecule has 5 nitrogen and oxygen atoms in total. The zero-order valence-electron chi connectivity index (χ0n) is 13.5. The highest BCUT2D eigenvalue weighted by Gasteiger charge is 2.34. The molecule has 0 unspecified atom stereocenters. The van der Waals surface area contributed by atoms with E-state index in [-0.39, 0.29) is 28.5 Å². The topological polar surface area (TPSA) is 71.6 Å².